The van der Waals surface area contributed by atoms with Crippen molar-refractivity contribution in [1.29, 1.82) is 5.26 Å². The van der Waals surface area contributed by atoms with Crippen LogP contribution >= 0.6 is 0 Å². The Bertz CT molecular complexity index is 409. The molecule has 2 atom stereocenters. The van der Waals surface area contributed by atoms with E-state index < -0.39 is 17.8 Å². The molecule has 0 heterocycles. The fourth-order valence-electron chi connectivity index (χ4n) is 2.37. The predicted molar refractivity (Wildman–Crippen MR) is 70.1 cm³/mol. The van der Waals surface area contributed by atoms with Crippen molar-refractivity contribution in [3.63, 3.8) is 0 Å². The van der Waals surface area contributed by atoms with Gasteiger partial charge in [0.2, 0.25) is 5.91 Å². The first-order valence-corrected chi connectivity index (χ1v) is 6.54. The second-order valence-electron chi connectivity index (χ2n) is 5.03. The first-order valence-electron chi connectivity index (χ1n) is 6.54. The summed E-state index contributed by atoms with van der Waals surface area (Å²) >= 11 is 0. The van der Waals surface area contributed by atoms with Crippen LogP contribution in [0.4, 0.5) is 0 Å². The molecular weight excluding hydrogens is 244 g/mol. The quantitative estimate of drug-likeness (QED) is 0.768. The summed E-state index contributed by atoms with van der Waals surface area (Å²) in [5, 5.41) is 17.8. The van der Waals surface area contributed by atoms with Crippen molar-refractivity contribution in [2.24, 2.45) is 11.8 Å². The zero-order chi connectivity index (χ0) is 14.4. The van der Waals surface area contributed by atoms with E-state index in [4.69, 9.17) is 5.26 Å². The molecule has 0 aliphatic heterocycles. The minimum Gasteiger partial charge on any atom is -0.481 e. The molecule has 0 bridgehead atoms. The Balaban J connectivity index is 2.85. The van der Waals surface area contributed by atoms with Crippen LogP contribution in [-0.4, -0.2) is 34.5 Å². The minimum atomic E-state index is -0.924. The van der Waals surface area contributed by atoms with E-state index in [2.05, 4.69) is 0 Å². The van der Waals surface area contributed by atoms with Gasteiger partial charge < -0.3 is 10.0 Å². The number of rotatable bonds is 5. The van der Waals surface area contributed by atoms with E-state index in [1.165, 1.54) is 0 Å². The first kappa shape index (κ1) is 15.2. The van der Waals surface area contributed by atoms with Gasteiger partial charge in [0.15, 0.2) is 0 Å². The lowest BCUT2D eigenvalue weighted by atomic mass is 9.82. The lowest BCUT2D eigenvalue weighted by molar-refractivity contribution is -0.151. The van der Waals surface area contributed by atoms with Crippen molar-refractivity contribution < 1.29 is 14.7 Å². The molecule has 0 unspecified atom stereocenters. The summed E-state index contributed by atoms with van der Waals surface area (Å²) in [4.78, 5) is 25.3. The van der Waals surface area contributed by atoms with Crippen molar-refractivity contribution in [3.05, 3.63) is 12.2 Å². The number of nitriles is 1. The molecule has 0 fully saturated rings. The molecule has 5 nitrogen and oxygen atoms in total. The molecule has 0 spiro atoms. The zero-order valence-corrected chi connectivity index (χ0v) is 11.4. The maximum atomic E-state index is 12.5. The number of nitrogens with zero attached hydrogens (tertiary/aromatic N) is 2. The normalized spacial score (nSPS) is 22.0. The molecule has 0 aromatic rings. The zero-order valence-electron chi connectivity index (χ0n) is 11.4. The van der Waals surface area contributed by atoms with Gasteiger partial charge in [0.05, 0.1) is 24.3 Å². The highest BCUT2D eigenvalue weighted by atomic mass is 16.4. The van der Waals surface area contributed by atoms with Gasteiger partial charge in [-0.25, -0.2) is 0 Å². The summed E-state index contributed by atoms with van der Waals surface area (Å²) in [7, 11) is 0. The van der Waals surface area contributed by atoms with Crippen LogP contribution < -0.4 is 0 Å². The third kappa shape index (κ3) is 3.82. The number of hydrogen-bond acceptors (Lipinski definition) is 3. The van der Waals surface area contributed by atoms with E-state index in [0.717, 1.165) is 0 Å². The monoisotopic (exact) mass is 264 g/mol. The summed E-state index contributed by atoms with van der Waals surface area (Å²) < 4.78 is 0. The number of amides is 1. The molecule has 1 N–H and O–H groups in total. The number of carboxylic acid groups (broad SMARTS) is 1. The topological polar surface area (TPSA) is 81.4 Å². The van der Waals surface area contributed by atoms with Gasteiger partial charge in [-0.1, -0.05) is 12.2 Å². The highest BCUT2D eigenvalue weighted by Crippen LogP contribution is 2.28. The largest absolute Gasteiger partial charge is 0.481 e. The van der Waals surface area contributed by atoms with E-state index in [1.54, 1.807) is 4.90 Å². The lowest BCUT2D eigenvalue weighted by Gasteiger charge is -2.33. The van der Waals surface area contributed by atoms with Gasteiger partial charge in [-0.05, 0) is 26.7 Å². The smallest absolute Gasteiger partial charge is 0.307 e. The number of carbonyl (C=O) groups is 2. The summed E-state index contributed by atoms with van der Waals surface area (Å²) in [6.07, 6.45) is 4.81. The van der Waals surface area contributed by atoms with E-state index in [9.17, 15) is 14.7 Å². The fraction of sp³-hybridized carbons (Fsp3) is 0.643. The number of allylic oxidation sites excluding steroid dienone is 2. The van der Waals surface area contributed by atoms with E-state index >= 15 is 0 Å². The molecule has 0 radical (unpaired) electrons. The Morgan fingerprint density at radius 3 is 2.42 bits per heavy atom. The van der Waals surface area contributed by atoms with Gasteiger partial charge in [0, 0.05) is 12.6 Å². The summed E-state index contributed by atoms with van der Waals surface area (Å²) in [5.74, 6) is -2.24. The van der Waals surface area contributed by atoms with Crippen molar-refractivity contribution in [1.82, 2.24) is 4.90 Å². The lowest BCUT2D eigenvalue weighted by Crippen LogP contribution is -2.45. The molecule has 1 rings (SSSR count). The second kappa shape index (κ2) is 6.93. The van der Waals surface area contributed by atoms with Gasteiger partial charge in [-0.2, -0.15) is 5.26 Å². The maximum Gasteiger partial charge on any atom is 0.307 e. The van der Waals surface area contributed by atoms with Gasteiger partial charge in [-0.15, -0.1) is 0 Å². The Labute approximate surface area is 113 Å². The van der Waals surface area contributed by atoms with Gasteiger partial charge in [-0.3, -0.25) is 9.59 Å². The molecule has 1 aliphatic carbocycles. The van der Waals surface area contributed by atoms with Gasteiger partial charge in [0.25, 0.3) is 0 Å². The molecule has 1 aliphatic rings. The summed E-state index contributed by atoms with van der Waals surface area (Å²) in [5.41, 5.74) is 0. The molecule has 0 aromatic carbocycles. The van der Waals surface area contributed by atoms with E-state index in [1.807, 2.05) is 32.1 Å². The van der Waals surface area contributed by atoms with Crippen LogP contribution in [0.15, 0.2) is 12.2 Å². The third-order valence-electron chi connectivity index (χ3n) is 3.44. The fourth-order valence-corrected chi connectivity index (χ4v) is 2.37. The minimum absolute atomic E-state index is 0.0267. The van der Waals surface area contributed by atoms with Crippen molar-refractivity contribution >= 4 is 11.9 Å². The maximum absolute atomic E-state index is 12.5. The number of carboxylic acids is 1. The Morgan fingerprint density at radius 2 is 1.95 bits per heavy atom. The van der Waals surface area contributed by atoms with Crippen LogP contribution in [-0.2, 0) is 9.59 Å². The van der Waals surface area contributed by atoms with Crippen LogP contribution in [0.3, 0.4) is 0 Å². The molecule has 5 heteroatoms. The molecule has 104 valence electrons. The number of carbonyl (C=O) groups excluding carboxylic acids is 1. The van der Waals surface area contributed by atoms with Crippen LogP contribution in [0.2, 0.25) is 0 Å². The molecule has 0 aromatic heterocycles. The first-order chi connectivity index (χ1) is 8.99. The van der Waals surface area contributed by atoms with Crippen LogP contribution in [0.25, 0.3) is 0 Å². The summed E-state index contributed by atoms with van der Waals surface area (Å²) in [6.45, 7) is 4.12. The average Bonchev–Trinajstić information content (AvgIpc) is 2.38. The van der Waals surface area contributed by atoms with E-state index in [0.29, 0.717) is 19.4 Å². The second-order valence-corrected chi connectivity index (χ2v) is 5.03. The van der Waals surface area contributed by atoms with Gasteiger partial charge >= 0.3 is 5.97 Å². The third-order valence-corrected chi connectivity index (χ3v) is 3.44. The standard InChI is InChI=1S/C14H20N2O3/c1-10(2)16(9-5-8-15)13(17)11-6-3-4-7-12(11)14(18)19/h3-4,10-12H,5-7,9H2,1-2H3,(H,18,19)/t11-,12+/m1/s1. The molecule has 1 amide bonds. The average molecular weight is 264 g/mol. The molecule has 0 saturated heterocycles. The molecule has 0 saturated carbocycles. The Hall–Kier alpha value is -1.83. The van der Waals surface area contributed by atoms with Gasteiger partial charge in [0.1, 0.15) is 0 Å². The number of hydrogen-bond donors (Lipinski definition) is 1. The summed E-state index contributed by atoms with van der Waals surface area (Å²) in [6, 6.07) is 1.99. The van der Waals surface area contributed by atoms with Crippen LogP contribution in [0, 0.1) is 23.2 Å². The van der Waals surface area contributed by atoms with E-state index in [-0.39, 0.29) is 18.4 Å². The Kier molecular flexibility index (Phi) is 5.56. The highest BCUT2D eigenvalue weighted by Gasteiger charge is 2.36. The molecular formula is C14H20N2O3. The molecule has 19 heavy (non-hydrogen) atoms. The van der Waals surface area contributed by atoms with Crippen LogP contribution in [0.1, 0.15) is 33.1 Å². The predicted octanol–water partition coefficient (Wildman–Crippen LogP) is 1.80. The SMILES string of the molecule is CC(C)N(CCC#N)C(=O)[C@@H]1CC=CC[C@@H]1C(=O)O. The highest BCUT2D eigenvalue weighted by molar-refractivity contribution is 5.85. The van der Waals surface area contributed by atoms with Crippen molar-refractivity contribution in [2.45, 2.75) is 39.2 Å². The van der Waals surface area contributed by atoms with Crippen molar-refractivity contribution in [2.75, 3.05) is 6.54 Å². The van der Waals surface area contributed by atoms with Crippen LogP contribution in [0.5, 0.6) is 0 Å². The number of aliphatic carboxylic acids is 1. The van der Waals surface area contributed by atoms with Crippen molar-refractivity contribution in [3.8, 4) is 6.07 Å². The Morgan fingerprint density at radius 1 is 1.37 bits per heavy atom.